The normalized spacial score (nSPS) is 27.8. The first-order chi connectivity index (χ1) is 11.8. The molecule has 4 rings (SSSR count). The van der Waals surface area contributed by atoms with Crippen molar-refractivity contribution in [1.29, 1.82) is 0 Å². The zero-order valence-corrected chi connectivity index (χ0v) is 15.3. The number of aromatic nitrogens is 3. The van der Waals surface area contributed by atoms with Gasteiger partial charge in [-0.1, -0.05) is 19.3 Å². The summed E-state index contributed by atoms with van der Waals surface area (Å²) in [5, 5.41) is 9.19. The van der Waals surface area contributed by atoms with Gasteiger partial charge in [0.2, 0.25) is 0 Å². The molecular weight excluding hydrogens is 298 g/mol. The second-order valence-electron chi connectivity index (χ2n) is 8.14. The number of rotatable bonds is 4. The average Bonchev–Trinajstić information content (AvgIpc) is 3.27. The SMILES string of the molecule is Cn1c(CN2CCCCC2)nnc1C1CCCN(C2CCCC2)C1. The summed E-state index contributed by atoms with van der Waals surface area (Å²) in [6, 6.07) is 0.842. The second-order valence-corrected chi connectivity index (χ2v) is 8.14. The lowest BCUT2D eigenvalue weighted by molar-refractivity contribution is 0.146. The molecule has 1 aromatic rings. The minimum absolute atomic E-state index is 0.576. The van der Waals surface area contributed by atoms with Gasteiger partial charge in [-0.25, -0.2) is 0 Å². The molecule has 5 nitrogen and oxygen atoms in total. The molecule has 0 bridgehead atoms. The summed E-state index contributed by atoms with van der Waals surface area (Å²) in [6.07, 6.45) is 12.3. The van der Waals surface area contributed by atoms with Gasteiger partial charge in [0, 0.05) is 25.6 Å². The topological polar surface area (TPSA) is 37.2 Å². The molecule has 5 heteroatoms. The van der Waals surface area contributed by atoms with E-state index in [1.165, 1.54) is 89.8 Å². The quantitative estimate of drug-likeness (QED) is 0.850. The molecule has 2 aliphatic heterocycles. The molecule has 24 heavy (non-hydrogen) atoms. The first kappa shape index (κ1) is 16.5. The van der Waals surface area contributed by atoms with E-state index < -0.39 is 0 Å². The Balaban J connectivity index is 1.41. The Morgan fingerprint density at radius 3 is 2.46 bits per heavy atom. The zero-order valence-electron chi connectivity index (χ0n) is 15.3. The number of hydrogen-bond acceptors (Lipinski definition) is 4. The van der Waals surface area contributed by atoms with Gasteiger partial charge in [0.05, 0.1) is 6.54 Å². The second kappa shape index (κ2) is 7.52. The molecule has 0 amide bonds. The number of nitrogens with zero attached hydrogens (tertiary/aromatic N) is 5. The van der Waals surface area contributed by atoms with E-state index in [4.69, 9.17) is 0 Å². The van der Waals surface area contributed by atoms with Crippen LogP contribution in [0.3, 0.4) is 0 Å². The van der Waals surface area contributed by atoms with Gasteiger partial charge in [0.25, 0.3) is 0 Å². The Labute approximate surface area is 146 Å². The molecule has 3 heterocycles. The third-order valence-electron chi connectivity index (χ3n) is 6.47. The summed E-state index contributed by atoms with van der Waals surface area (Å²) in [7, 11) is 2.18. The molecular formula is C19H33N5. The van der Waals surface area contributed by atoms with Gasteiger partial charge in [-0.3, -0.25) is 9.80 Å². The largest absolute Gasteiger partial charge is 0.317 e. The summed E-state index contributed by atoms with van der Waals surface area (Å²) in [6.45, 7) is 5.91. The Morgan fingerprint density at radius 2 is 1.67 bits per heavy atom. The lowest BCUT2D eigenvalue weighted by Crippen LogP contribution is -2.41. The molecule has 0 N–H and O–H groups in total. The van der Waals surface area contributed by atoms with Crippen molar-refractivity contribution in [2.75, 3.05) is 26.2 Å². The maximum absolute atomic E-state index is 4.63. The third-order valence-corrected chi connectivity index (χ3v) is 6.47. The van der Waals surface area contributed by atoms with Crippen LogP contribution in [0.15, 0.2) is 0 Å². The molecule has 0 aromatic carbocycles. The third kappa shape index (κ3) is 3.52. The summed E-state index contributed by atoms with van der Waals surface area (Å²) >= 11 is 0. The van der Waals surface area contributed by atoms with E-state index in [0.717, 1.165) is 18.4 Å². The van der Waals surface area contributed by atoms with Crippen molar-refractivity contribution in [2.45, 2.75) is 76.3 Å². The van der Waals surface area contributed by atoms with E-state index in [1.807, 2.05) is 0 Å². The van der Waals surface area contributed by atoms with Crippen molar-refractivity contribution in [3.63, 3.8) is 0 Å². The van der Waals surface area contributed by atoms with Crippen molar-refractivity contribution < 1.29 is 0 Å². The average molecular weight is 332 g/mol. The van der Waals surface area contributed by atoms with Crippen molar-refractivity contribution >= 4 is 0 Å². The smallest absolute Gasteiger partial charge is 0.146 e. The van der Waals surface area contributed by atoms with Crippen molar-refractivity contribution in [3.05, 3.63) is 11.6 Å². The van der Waals surface area contributed by atoms with Gasteiger partial charge >= 0.3 is 0 Å². The van der Waals surface area contributed by atoms with Crippen LogP contribution in [0.1, 0.15) is 75.4 Å². The van der Waals surface area contributed by atoms with Crippen LogP contribution < -0.4 is 0 Å². The van der Waals surface area contributed by atoms with Crippen LogP contribution in [0.25, 0.3) is 0 Å². The van der Waals surface area contributed by atoms with Gasteiger partial charge in [-0.15, -0.1) is 10.2 Å². The van der Waals surface area contributed by atoms with Gasteiger partial charge in [0.1, 0.15) is 11.6 Å². The van der Waals surface area contributed by atoms with Crippen LogP contribution in [0, 0.1) is 0 Å². The predicted molar refractivity (Wildman–Crippen MR) is 95.9 cm³/mol. The fourth-order valence-electron chi connectivity index (χ4n) is 5.00. The lowest BCUT2D eigenvalue weighted by Gasteiger charge is -2.36. The van der Waals surface area contributed by atoms with Gasteiger partial charge < -0.3 is 4.57 Å². The highest BCUT2D eigenvalue weighted by Gasteiger charge is 2.31. The molecule has 134 valence electrons. The first-order valence-electron chi connectivity index (χ1n) is 10.2. The van der Waals surface area contributed by atoms with E-state index in [0.29, 0.717) is 5.92 Å². The van der Waals surface area contributed by atoms with Gasteiger partial charge in [-0.05, 0) is 58.2 Å². The Morgan fingerprint density at radius 1 is 0.875 bits per heavy atom. The molecule has 3 aliphatic rings. The molecule has 1 unspecified atom stereocenters. The molecule has 3 fully saturated rings. The highest BCUT2D eigenvalue weighted by atomic mass is 15.3. The van der Waals surface area contributed by atoms with Crippen molar-refractivity contribution in [2.24, 2.45) is 7.05 Å². The molecule has 2 saturated heterocycles. The monoisotopic (exact) mass is 331 g/mol. The van der Waals surface area contributed by atoms with Crippen LogP contribution in [0.5, 0.6) is 0 Å². The number of hydrogen-bond donors (Lipinski definition) is 0. The highest BCUT2D eigenvalue weighted by Crippen LogP contribution is 2.31. The van der Waals surface area contributed by atoms with E-state index in [2.05, 4.69) is 31.6 Å². The first-order valence-corrected chi connectivity index (χ1v) is 10.2. The number of likely N-dealkylation sites (tertiary alicyclic amines) is 2. The van der Waals surface area contributed by atoms with Crippen LogP contribution in [0.2, 0.25) is 0 Å². The number of piperidine rings is 2. The van der Waals surface area contributed by atoms with Gasteiger partial charge in [-0.2, -0.15) is 0 Å². The van der Waals surface area contributed by atoms with Crippen molar-refractivity contribution in [3.8, 4) is 0 Å². The molecule has 1 saturated carbocycles. The summed E-state index contributed by atoms with van der Waals surface area (Å²) in [5.41, 5.74) is 0. The van der Waals surface area contributed by atoms with Gasteiger partial charge in [0.15, 0.2) is 0 Å². The molecule has 1 atom stereocenters. The Bertz CT molecular complexity index is 528. The van der Waals surface area contributed by atoms with E-state index >= 15 is 0 Å². The van der Waals surface area contributed by atoms with E-state index in [-0.39, 0.29) is 0 Å². The van der Waals surface area contributed by atoms with Crippen LogP contribution >= 0.6 is 0 Å². The molecule has 0 radical (unpaired) electrons. The minimum Gasteiger partial charge on any atom is -0.317 e. The van der Waals surface area contributed by atoms with Crippen LogP contribution in [-0.2, 0) is 13.6 Å². The standard InChI is InChI=1S/C19H33N5/c1-22-18(15-23-11-5-2-6-12-23)20-21-19(22)16-8-7-13-24(14-16)17-9-3-4-10-17/h16-17H,2-15H2,1H3. The van der Waals surface area contributed by atoms with Crippen LogP contribution in [-0.4, -0.2) is 56.8 Å². The highest BCUT2D eigenvalue weighted by molar-refractivity contribution is 5.04. The summed E-state index contributed by atoms with van der Waals surface area (Å²) in [5.74, 6) is 2.96. The molecule has 1 aromatic heterocycles. The lowest BCUT2D eigenvalue weighted by atomic mass is 9.95. The Hall–Kier alpha value is -0.940. The summed E-state index contributed by atoms with van der Waals surface area (Å²) < 4.78 is 2.30. The summed E-state index contributed by atoms with van der Waals surface area (Å²) in [4.78, 5) is 5.29. The fourth-order valence-corrected chi connectivity index (χ4v) is 5.00. The van der Waals surface area contributed by atoms with Crippen LogP contribution in [0.4, 0.5) is 0 Å². The zero-order chi connectivity index (χ0) is 16.4. The maximum atomic E-state index is 4.63. The Kier molecular flexibility index (Phi) is 5.18. The minimum atomic E-state index is 0.576. The fraction of sp³-hybridized carbons (Fsp3) is 0.895. The molecule has 1 aliphatic carbocycles. The molecule has 0 spiro atoms. The maximum Gasteiger partial charge on any atom is 0.146 e. The predicted octanol–water partition coefficient (Wildman–Crippen LogP) is 2.92. The van der Waals surface area contributed by atoms with Crippen molar-refractivity contribution in [1.82, 2.24) is 24.6 Å². The van der Waals surface area contributed by atoms with E-state index in [1.54, 1.807) is 0 Å². The van der Waals surface area contributed by atoms with E-state index in [9.17, 15) is 0 Å².